The first kappa shape index (κ1) is 15.1. The number of carbonyl (C=O) groups is 1. The van der Waals surface area contributed by atoms with Crippen molar-refractivity contribution in [2.45, 2.75) is 26.2 Å². The fourth-order valence-corrected chi connectivity index (χ4v) is 2.78. The number of hydrogen-bond acceptors (Lipinski definition) is 3. The number of rotatable bonds is 4. The first-order valence-corrected chi connectivity index (χ1v) is 7.76. The molecule has 6 heteroatoms. The molecule has 1 aromatic heterocycles. The Balaban J connectivity index is 2.01. The molecule has 0 aliphatic heterocycles. The molecular formula is C14H14BrFN2OS. The van der Waals surface area contributed by atoms with E-state index in [0.29, 0.717) is 21.1 Å². The van der Waals surface area contributed by atoms with E-state index in [1.165, 1.54) is 17.4 Å². The summed E-state index contributed by atoms with van der Waals surface area (Å²) in [6, 6.07) is 4.66. The van der Waals surface area contributed by atoms with Crippen LogP contribution in [0.4, 0.5) is 9.52 Å². The summed E-state index contributed by atoms with van der Waals surface area (Å²) in [4.78, 5) is 17.1. The highest BCUT2D eigenvalue weighted by atomic mass is 79.9. The molecule has 1 aromatic carbocycles. The van der Waals surface area contributed by atoms with Crippen molar-refractivity contribution in [1.29, 1.82) is 0 Å². The number of nitrogens with one attached hydrogen (secondary N) is 1. The van der Waals surface area contributed by atoms with Crippen molar-refractivity contribution in [1.82, 2.24) is 4.98 Å². The SMILES string of the molecule is CC(C)c1cnc(NC(=O)Cc2ccc(Br)cc2F)s1. The summed E-state index contributed by atoms with van der Waals surface area (Å²) in [7, 11) is 0. The molecule has 0 atom stereocenters. The zero-order valence-corrected chi connectivity index (χ0v) is 13.5. The molecule has 0 unspecified atom stereocenters. The molecule has 0 saturated heterocycles. The number of carbonyl (C=O) groups excluding carboxylic acids is 1. The molecule has 0 saturated carbocycles. The molecule has 2 aromatic rings. The van der Waals surface area contributed by atoms with Crippen molar-refractivity contribution >= 4 is 38.3 Å². The summed E-state index contributed by atoms with van der Waals surface area (Å²) in [6.45, 7) is 4.13. The van der Waals surface area contributed by atoms with Crippen LogP contribution in [0.1, 0.15) is 30.2 Å². The zero-order valence-electron chi connectivity index (χ0n) is 11.1. The number of benzene rings is 1. The van der Waals surface area contributed by atoms with Gasteiger partial charge in [0.2, 0.25) is 5.91 Å². The van der Waals surface area contributed by atoms with Gasteiger partial charge in [0.15, 0.2) is 5.13 Å². The van der Waals surface area contributed by atoms with Crippen LogP contribution in [-0.4, -0.2) is 10.9 Å². The minimum absolute atomic E-state index is 0.00426. The second kappa shape index (κ2) is 6.45. The largest absolute Gasteiger partial charge is 0.302 e. The lowest BCUT2D eigenvalue weighted by atomic mass is 10.1. The van der Waals surface area contributed by atoms with E-state index in [0.717, 1.165) is 4.88 Å². The molecule has 0 radical (unpaired) electrons. The van der Waals surface area contributed by atoms with E-state index < -0.39 is 5.82 Å². The summed E-state index contributed by atoms with van der Waals surface area (Å²) in [5.74, 6) is -0.283. The maximum Gasteiger partial charge on any atom is 0.230 e. The molecule has 1 heterocycles. The Hall–Kier alpha value is -1.27. The molecular weight excluding hydrogens is 343 g/mol. The van der Waals surface area contributed by atoms with Crippen LogP contribution in [0.25, 0.3) is 0 Å². The molecule has 0 aliphatic rings. The smallest absolute Gasteiger partial charge is 0.230 e. The van der Waals surface area contributed by atoms with Gasteiger partial charge in [0.1, 0.15) is 5.82 Å². The van der Waals surface area contributed by atoms with Gasteiger partial charge in [0.25, 0.3) is 0 Å². The van der Waals surface area contributed by atoms with Crippen molar-refractivity contribution in [3.05, 3.63) is 45.1 Å². The van der Waals surface area contributed by atoms with Gasteiger partial charge >= 0.3 is 0 Å². The Morgan fingerprint density at radius 2 is 2.25 bits per heavy atom. The Kier molecular flexibility index (Phi) is 4.88. The lowest BCUT2D eigenvalue weighted by Gasteiger charge is -2.04. The quantitative estimate of drug-likeness (QED) is 0.884. The second-order valence-corrected chi connectivity index (χ2v) is 6.66. The van der Waals surface area contributed by atoms with Crippen LogP contribution in [0, 0.1) is 5.82 Å². The van der Waals surface area contributed by atoms with Gasteiger partial charge in [-0.2, -0.15) is 0 Å². The molecule has 0 aliphatic carbocycles. The zero-order chi connectivity index (χ0) is 14.7. The minimum Gasteiger partial charge on any atom is -0.302 e. The summed E-state index contributed by atoms with van der Waals surface area (Å²) < 4.78 is 14.3. The Morgan fingerprint density at radius 1 is 1.50 bits per heavy atom. The standard InChI is InChI=1S/C14H14BrFN2OS/c1-8(2)12-7-17-14(20-12)18-13(19)5-9-3-4-10(15)6-11(9)16/h3-4,6-8H,5H2,1-2H3,(H,17,18,19). The van der Waals surface area contributed by atoms with Gasteiger partial charge in [0, 0.05) is 15.5 Å². The van der Waals surface area contributed by atoms with Gasteiger partial charge in [-0.3, -0.25) is 4.79 Å². The van der Waals surface area contributed by atoms with E-state index in [2.05, 4.69) is 40.1 Å². The predicted octanol–water partition coefficient (Wildman–Crippen LogP) is 4.35. The Morgan fingerprint density at radius 3 is 2.85 bits per heavy atom. The Labute approximate surface area is 129 Å². The Bertz CT molecular complexity index is 627. The van der Waals surface area contributed by atoms with Crippen LogP contribution in [0.3, 0.4) is 0 Å². The number of thiazole rings is 1. The third-order valence-electron chi connectivity index (χ3n) is 2.71. The number of aromatic nitrogens is 1. The number of amides is 1. The highest BCUT2D eigenvalue weighted by molar-refractivity contribution is 9.10. The molecule has 20 heavy (non-hydrogen) atoms. The van der Waals surface area contributed by atoms with Crippen LogP contribution >= 0.6 is 27.3 Å². The third kappa shape index (κ3) is 3.86. The molecule has 3 nitrogen and oxygen atoms in total. The average Bonchev–Trinajstić information content (AvgIpc) is 2.81. The molecule has 0 bridgehead atoms. The summed E-state index contributed by atoms with van der Waals surface area (Å²) in [5, 5.41) is 3.25. The highest BCUT2D eigenvalue weighted by Gasteiger charge is 2.11. The minimum atomic E-state index is -0.392. The van der Waals surface area contributed by atoms with E-state index in [-0.39, 0.29) is 12.3 Å². The van der Waals surface area contributed by atoms with E-state index in [9.17, 15) is 9.18 Å². The number of hydrogen-bond donors (Lipinski definition) is 1. The number of halogens is 2. The fraction of sp³-hybridized carbons (Fsp3) is 0.286. The van der Waals surface area contributed by atoms with E-state index in [4.69, 9.17) is 0 Å². The summed E-state index contributed by atoms with van der Waals surface area (Å²) in [5.41, 5.74) is 0.367. The van der Waals surface area contributed by atoms with Crippen molar-refractivity contribution in [3.8, 4) is 0 Å². The van der Waals surface area contributed by atoms with Gasteiger partial charge in [-0.1, -0.05) is 35.8 Å². The molecule has 0 spiro atoms. The van der Waals surface area contributed by atoms with Crippen LogP contribution in [0.15, 0.2) is 28.9 Å². The maximum atomic E-state index is 13.6. The van der Waals surface area contributed by atoms with E-state index in [1.807, 2.05) is 0 Å². The first-order valence-electron chi connectivity index (χ1n) is 6.15. The van der Waals surface area contributed by atoms with Crippen molar-refractivity contribution < 1.29 is 9.18 Å². The van der Waals surface area contributed by atoms with Gasteiger partial charge in [0.05, 0.1) is 6.42 Å². The van der Waals surface area contributed by atoms with Gasteiger partial charge in [-0.25, -0.2) is 9.37 Å². The molecule has 1 N–H and O–H groups in total. The molecule has 2 rings (SSSR count). The second-order valence-electron chi connectivity index (χ2n) is 4.68. The summed E-state index contributed by atoms with van der Waals surface area (Å²) in [6.07, 6.45) is 1.75. The van der Waals surface area contributed by atoms with Crippen LogP contribution in [-0.2, 0) is 11.2 Å². The predicted molar refractivity (Wildman–Crippen MR) is 82.6 cm³/mol. The highest BCUT2D eigenvalue weighted by Crippen LogP contribution is 2.25. The van der Waals surface area contributed by atoms with E-state index in [1.54, 1.807) is 18.3 Å². The van der Waals surface area contributed by atoms with Crippen molar-refractivity contribution in [2.75, 3.05) is 5.32 Å². The lowest BCUT2D eigenvalue weighted by Crippen LogP contribution is -2.15. The lowest BCUT2D eigenvalue weighted by molar-refractivity contribution is -0.115. The number of nitrogens with zero attached hydrogens (tertiary/aromatic N) is 1. The first-order chi connectivity index (χ1) is 9.45. The van der Waals surface area contributed by atoms with Crippen molar-refractivity contribution in [2.24, 2.45) is 0 Å². The molecule has 0 fully saturated rings. The van der Waals surface area contributed by atoms with Crippen LogP contribution < -0.4 is 5.32 Å². The average molecular weight is 357 g/mol. The van der Waals surface area contributed by atoms with Gasteiger partial charge < -0.3 is 5.32 Å². The topological polar surface area (TPSA) is 42.0 Å². The normalized spacial score (nSPS) is 10.8. The van der Waals surface area contributed by atoms with Crippen LogP contribution in [0.2, 0.25) is 0 Å². The molecule has 1 amide bonds. The third-order valence-corrected chi connectivity index (χ3v) is 4.41. The van der Waals surface area contributed by atoms with E-state index >= 15 is 0 Å². The number of anilines is 1. The summed E-state index contributed by atoms with van der Waals surface area (Å²) >= 11 is 4.63. The fourth-order valence-electron chi connectivity index (χ4n) is 1.61. The van der Waals surface area contributed by atoms with Crippen LogP contribution in [0.5, 0.6) is 0 Å². The molecule has 106 valence electrons. The van der Waals surface area contributed by atoms with Gasteiger partial charge in [-0.15, -0.1) is 11.3 Å². The maximum absolute atomic E-state index is 13.6. The van der Waals surface area contributed by atoms with Gasteiger partial charge in [-0.05, 0) is 23.6 Å². The van der Waals surface area contributed by atoms with Crippen molar-refractivity contribution in [3.63, 3.8) is 0 Å². The monoisotopic (exact) mass is 356 g/mol.